The van der Waals surface area contributed by atoms with Crippen LogP contribution in [0, 0.1) is 5.92 Å². The quantitative estimate of drug-likeness (QED) is 0.282. The van der Waals surface area contributed by atoms with E-state index in [1.807, 2.05) is 37.4 Å². The predicted molar refractivity (Wildman–Crippen MR) is 111 cm³/mol. The number of ketones is 1. The highest BCUT2D eigenvalue weighted by atomic mass is 32.2. The fraction of sp³-hybridized carbons (Fsp3) is 0.789. The molecule has 0 radical (unpaired) electrons. The van der Waals surface area contributed by atoms with Crippen LogP contribution in [-0.4, -0.2) is 45.7 Å². The lowest BCUT2D eigenvalue weighted by Gasteiger charge is -2.29. The van der Waals surface area contributed by atoms with Crippen molar-refractivity contribution in [2.75, 3.05) is 23.9 Å². The molecule has 0 fully saturated rings. The molecule has 0 bridgehead atoms. The van der Waals surface area contributed by atoms with Gasteiger partial charge in [-0.2, -0.15) is 23.5 Å². The number of allylic oxidation sites excluding steroid dienone is 2. The maximum Gasteiger partial charge on any atom is 0.168 e. The monoisotopic (exact) mass is 387 g/mol. The summed E-state index contributed by atoms with van der Waals surface area (Å²) in [4.78, 5) is 17.9. The molecule has 144 valence electrons. The number of Topliss-reactive ketones (excluding diaryl/α,β-unsaturated/α-hetero) is 1. The van der Waals surface area contributed by atoms with Crippen LogP contribution in [0.4, 0.5) is 0 Å². The van der Waals surface area contributed by atoms with Gasteiger partial charge in [0.15, 0.2) is 5.78 Å². The van der Waals surface area contributed by atoms with E-state index in [1.165, 1.54) is 0 Å². The van der Waals surface area contributed by atoms with Gasteiger partial charge >= 0.3 is 0 Å². The number of rotatable bonds is 12. The highest BCUT2D eigenvalue weighted by molar-refractivity contribution is 8.03. The molecule has 0 aromatic carbocycles. The Hall–Kier alpha value is -0.620. The molecule has 1 N–H and O–H groups in total. The van der Waals surface area contributed by atoms with Gasteiger partial charge < -0.3 is 9.94 Å². The number of thioether (sulfide) groups is 2. The summed E-state index contributed by atoms with van der Waals surface area (Å²) < 4.78 is 0. The Labute approximate surface area is 161 Å². The summed E-state index contributed by atoms with van der Waals surface area (Å²) in [5, 5.41) is 15.1. The molecule has 2 unspecified atom stereocenters. The van der Waals surface area contributed by atoms with E-state index in [-0.39, 0.29) is 17.5 Å². The zero-order valence-corrected chi connectivity index (χ0v) is 17.7. The van der Waals surface area contributed by atoms with Gasteiger partial charge in [0.1, 0.15) is 12.4 Å². The van der Waals surface area contributed by atoms with E-state index < -0.39 is 0 Å². The van der Waals surface area contributed by atoms with Crippen molar-refractivity contribution in [1.82, 2.24) is 0 Å². The van der Waals surface area contributed by atoms with Crippen molar-refractivity contribution >= 4 is 35.0 Å². The molecular weight excluding hydrogens is 354 g/mol. The van der Waals surface area contributed by atoms with E-state index in [9.17, 15) is 9.90 Å². The van der Waals surface area contributed by atoms with Gasteiger partial charge in [-0.05, 0) is 31.4 Å². The Bertz CT molecular complexity index is 477. The molecule has 0 saturated heterocycles. The van der Waals surface area contributed by atoms with E-state index in [0.29, 0.717) is 42.4 Å². The molecule has 6 heteroatoms. The van der Waals surface area contributed by atoms with E-state index in [2.05, 4.69) is 19.0 Å². The number of oxime groups is 1. The maximum atomic E-state index is 12.7. The van der Waals surface area contributed by atoms with Crippen molar-refractivity contribution < 1.29 is 14.7 Å². The minimum absolute atomic E-state index is 0.0163. The molecule has 0 saturated carbocycles. The molecule has 0 aliphatic heterocycles. The molecule has 1 aliphatic carbocycles. The molecular formula is C19H33NO3S2. The van der Waals surface area contributed by atoms with Gasteiger partial charge in [0.25, 0.3) is 0 Å². The predicted octanol–water partition coefficient (Wildman–Crippen LogP) is 5.24. The van der Waals surface area contributed by atoms with Crippen LogP contribution in [0.3, 0.4) is 0 Å². The van der Waals surface area contributed by atoms with Gasteiger partial charge in [-0.1, -0.05) is 32.3 Å². The lowest BCUT2D eigenvalue weighted by Crippen LogP contribution is -2.30. The Balaban J connectivity index is 2.83. The first-order chi connectivity index (χ1) is 12.1. The number of hydrogen-bond acceptors (Lipinski definition) is 6. The Kier molecular flexibility index (Phi) is 11.4. The average molecular weight is 388 g/mol. The highest BCUT2D eigenvalue weighted by Crippen LogP contribution is 2.36. The first kappa shape index (κ1) is 22.4. The van der Waals surface area contributed by atoms with Gasteiger partial charge in [-0.25, -0.2) is 0 Å². The van der Waals surface area contributed by atoms with Crippen LogP contribution in [0.5, 0.6) is 0 Å². The number of aliphatic hydroxyl groups is 1. The molecule has 0 spiro atoms. The van der Waals surface area contributed by atoms with E-state index >= 15 is 0 Å². The third kappa shape index (κ3) is 7.26. The second kappa shape index (κ2) is 12.7. The SMILES string of the molecule is CCCC(=NOCC)C1=C(O)CC(C(CC)SCCSCC)CC1=O. The number of aliphatic hydroxyl groups excluding tert-OH is 1. The van der Waals surface area contributed by atoms with Crippen LogP contribution in [0.25, 0.3) is 0 Å². The van der Waals surface area contributed by atoms with Crippen LogP contribution in [-0.2, 0) is 9.63 Å². The highest BCUT2D eigenvalue weighted by Gasteiger charge is 2.34. The molecule has 0 amide bonds. The van der Waals surface area contributed by atoms with Crippen LogP contribution in [0.15, 0.2) is 16.5 Å². The number of carbonyl (C=O) groups excluding carboxylic acids is 1. The normalized spacial score (nSPS) is 20.1. The van der Waals surface area contributed by atoms with E-state index in [0.717, 1.165) is 30.1 Å². The standard InChI is InChI=1S/C19H33NO3S2/c1-5-9-15(20-23-7-3)19-16(21)12-14(13-17(19)22)18(6-2)25-11-10-24-8-4/h14,18,21H,5-13H2,1-4H3. The second-order valence-corrected chi connectivity index (χ2v) is 8.87. The minimum atomic E-state index is 0.0163. The summed E-state index contributed by atoms with van der Waals surface area (Å²) in [5.74, 6) is 3.83. The van der Waals surface area contributed by atoms with Gasteiger partial charge in [-0.3, -0.25) is 4.79 Å². The maximum absolute atomic E-state index is 12.7. The summed E-state index contributed by atoms with van der Waals surface area (Å²) in [7, 11) is 0. The Morgan fingerprint density at radius 2 is 2.04 bits per heavy atom. The molecule has 4 nitrogen and oxygen atoms in total. The summed E-state index contributed by atoms with van der Waals surface area (Å²) in [5.41, 5.74) is 1.01. The Morgan fingerprint density at radius 1 is 1.28 bits per heavy atom. The fourth-order valence-electron chi connectivity index (χ4n) is 3.10. The summed E-state index contributed by atoms with van der Waals surface area (Å²) >= 11 is 3.89. The average Bonchev–Trinajstić information content (AvgIpc) is 2.59. The van der Waals surface area contributed by atoms with Crippen molar-refractivity contribution in [1.29, 1.82) is 0 Å². The number of nitrogens with zero attached hydrogens (tertiary/aromatic N) is 1. The minimum Gasteiger partial charge on any atom is -0.511 e. The lowest BCUT2D eigenvalue weighted by molar-refractivity contribution is -0.116. The first-order valence-electron chi connectivity index (χ1n) is 9.42. The van der Waals surface area contributed by atoms with Crippen molar-refractivity contribution in [3.63, 3.8) is 0 Å². The van der Waals surface area contributed by atoms with Gasteiger partial charge in [0, 0.05) is 29.6 Å². The van der Waals surface area contributed by atoms with Crippen molar-refractivity contribution in [3.8, 4) is 0 Å². The van der Waals surface area contributed by atoms with E-state index in [1.54, 1.807) is 0 Å². The third-order valence-corrected chi connectivity index (χ3v) is 6.99. The molecule has 1 aliphatic rings. The molecule has 25 heavy (non-hydrogen) atoms. The summed E-state index contributed by atoms with van der Waals surface area (Å²) in [6, 6.07) is 0. The molecule has 0 aromatic heterocycles. The zero-order valence-electron chi connectivity index (χ0n) is 16.0. The Morgan fingerprint density at radius 3 is 2.60 bits per heavy atom. The fourth-order valence-corrected chi connectivity index (χ4v) is 5.25. The zero-order chi connectivity index (χ0) is 18.7. The van der Waals surface area contributed by atoms with Gasteiger partial charge in [0.2, 0.25) is 0 Å². The van der Waals surface area contributed by atoms with Crippen LogP contribution in [0.2, 0.25) is 0 Å². The van der Waals surface area contributed by atoms with Crippen molar-refractivity contribution in [2.24, 2.45) is 11.1 Å². The molecule has 1 rings (SSSR count). The van der Waals surface area contributed by atoms with Crippen LogP contribution in [0.1, 0.15) is 59.8 Å². The number of carbonyl (C=O) groups is 1. The first-order valence-corrected chi connectivity index (χ1v) is 11.6. The van der Waals surface area contributed by atoms with Crippen molar-refractivity contribution in [3.05, 3.63) is 11.3 Å². The second-order valence-electron chi connectivity index (χ2n) is 6.13. The van der Waals surface area contributed by atoms with Crippen molar-refractivity contribution in [2.45, 2.75) is 65.0 Å². The van der Waals surface area contributed by atoms with Crippen LogP contribution >= 0.6 is 23.5 Å². The molecule has 0 aromatic rings. The molecule has 2 atom stereocenters. The smallest absolute Gasteiger partial charge is 0.168 e. The third-order valence-electron chi connectivity index (χ3n) is 4.24. The summed E-state index contributed by atoms with van der Waals surface area (Å²) in [6.07, 6.45) is 3.61. The lowest BCUT2D eigenvalue weighted by atomic mass is 9.82. The van der Waals surface area contributed by atoms with Gasteiger partial charge in [0.05, 0.1) is 11.3 Å². The van der Waals surface area contributed by atoms with Gasteiger partial charge in [-0.15, -0.1) is 0 Å². The largest absolute Gasteiger partial charge is 0.511 e. The van der Waals surface area contributed by atoms with E-state index in [4.69, 9.17) is 4.84 Å². The molecule has 0 heterocycles. The van der Waals surface area contributed by atoms with Crippen LogP contribution < -0.4 is 0 Å². The summed E-state index contributed by atoms with van der Waals surface area (Å²) in [6.45, 7) is 8.70. The number of hydrogen-bond donors (Lipinski definition) is 1. The topological polar surface area (TPSA) is 58.9 Å².